The number of nitro groups is 1. The molecule has 1 aromatic heterocycles. The molecule has 0 aliphatic heterocycles. The van der Waals surface area contributed by atoms with Crippen LogP contribution >= 0.6 is 27.5 Å². The van der Waals surface area contributed by atoms with Crippen LogP contribution in [0.3, 0.4) is 0 Å². The third kappa shape index (κ3) is 5.47. The maximum Gasteiger partial charge on any atom is 0.313 e. The fourth-order valence-corrected chi connectivity index (χ4v) is 4.16. The van der Waals surface area contributed by atoms with E-state index in [4.69, 9.17) is 16.3 Å². The molecule has 0 amide bonds. The summed E-state index contributed by atoms with van der Waals surface area (Å²) >= 11 is 9.58. The lowest BCUT2D eigenvalue weighted by Crippen LogP contribution is -2.29. The summed E-state index contributed by atoms with van der Waals surface area (Å²) in [6, 6.07) is 17.3. The third-order valence-electron chi connectivity index (χ3n) is 5.28. The van der Waals surface area contributed by atoms with Crippen LogP contribution in [-0.4, -0.2) is 20.8 Å². The van der Waals surface area contributed by atoms with Gasteiger partial charge in [0, 0.05) is 26.5 Å². The Hall–Kier alpha value is -3.56. The molecular weight excluding hydrogens is 548 g/mol. The van der Waals surface area contributed by atoms with Crippen LogP contribution in [0, 0.1) is 10.1 Å². The molecular formula is C26H22BrClN4O4. The Morgan fingerprint density at radius 1 is 1.17 bits per heavy atom. The van der Waals surface area contributed by atoms with E-state index >= 15 is 0 Å². The zero-order valence-electron chi connectivity index (χ0n) is 19.7. The molecule has 0 saturated heterocycles. The SMILES string of the molecule is CC(C)(C)c1nc2ccc(Br)cc2c(=O)n1N=Cc1cc(Cl)cc([N+](=O)[O-])c1OCc1ccccc1. The highest BCUT2D eigenvalue weighted by Crippen LogP contribution is 2.34. The molecule has 0 aliphatic rings. The summed E-state index contributed by atoms with van der Waals surface area (Å²) in [4.78, 5) is 29.3. The number of nitro benzene ring substituents is 1. The summed E-state index contributed by atoms with van der Waals surface area (Å²) in [5, 5.41) is 16.7. The minimum absolute atomic E-state index is 0.00106. The number of hydrogen-bond donors (Lipinski definition) is 0. The molecule has 0 N–H and O–H groups in total. The fourth-order valence-electron chi connectivity index (χ4n) is 3.58. The van der Waals surface area contributed by atoms with Crippen molar-refractivity contribution in [1.29, 1.82) is 0 Å². The quantitative estimate of drug-likeness (QED) is 0.150. The predicted molar refractivity (Wildman–Crippen MR) is 144 cm³/mol. The molecule has 10 heteroatoms. The molecule has 1 heterocycles. The van der Waals surface area contributed by atoms with Gasteiger partial charge in [-0.25, -0.2) is 4.98 Å². The number of nitrogens with zero attached hydrogens (tertiary/aromatic N) is 4. The minimum atomic E-state index is -0.564. The number of fused-ring (bicyclic) bond motifs is 1. The average Bonchev–Trinajstić information content (AvgIpc) is 2.82. The second-order valence-electron chi connectivity index (χ2n) is 9.08. The highest BCUT2D eigenvalue weighted by atomic mass is 79.9. The molecule has 0 atom stereocenters. The van der Waals surface area contributed by atoms with Gasteiger partial charge in [-0.1, -0.05) is 78.6 Å². The van der Waals surface area contributed by atoms with Gasteiger partial charge in [0.2, 0.25) is 5.75 Å². The third-order valence-corrected chi connectivity index (χ3v) is 5.99. The molecule has 0 saturated carbocycles. The molecule has 4 rings (SSSR count). The van der Waals surface area contributed by atoms with E-state index in [-0.39, 0.29) is 34.2 Å². The van der Waals surface area contributed by atoms with Crippen LogP contribution < -0.4 is 10.3 Å². The molecule has 4 aromatic rings. The lowest BCUT2D eigenvalue weighted by atomic mass is 9.95. The molecule has 8 nitrogen and oxygen atoms in total. The average molecular weight is 570 g/mol. The standard InChI is InChI=1S/C26H22BrClN4O4/c1-26(2,3)25-30-21-10-9-18(27)12-20(21)24(33)31(25)29-14-17-11-19(28)13-22(32(34)35)23(17)36-15-16-7-5-4-6-8-16/h4-14H,15H2,1-3H3. The first-order valence-electron chi connectivity index (χ1n) is 11.0. The van der Waals surface area contributed by atoms with E-state index in [2.05, 4.69) is 26.0 Å². The second kappa shape index (κ2) is 10.2. The van der Waals surface area contributed by atoms with E-state index in [1.807, 2.05) is 57.2 Å². The monoisotopic (exact) mass is 568 g/mol. The zero-order valence-corrected chi connectivity index (χ0v) is 22.1. The van der Waals surface area contributed by atoms with Gasteiger partial charge in [-0.3, -0.25) is 14.9 Å². The number of ether oxygens (including phenoxy) is 1. The molecule has 36 heavy (non-hydrogen) atoms. The molecule has 0 spiro atoms. The summed E-state index contributed by atoms with van der Waals surface area (Å²) in [5.41, 5.74) is 0.441. The van der Waals surface area contributed by atoms with Crippen molar-refractivity contribution in [3.63, 3.8) is 0 Å². The summed E-state index contributed by atoms with van der Waals surface area (Å²) in [7, 11) is 0. The van der Waals surface area contributed by atoms with Crippen LogP contribution in [0.15, 0.2) is 75.0 Å². The summed E-state index contributed by atoms with van der Waals surface area (Å²) < 4.78 is 7.81. The van der Waals surface area contributed by atoms with Crippen molar-refractivity contribution in [1.82, 2.24) is 9.66 Å². The molecule has 0 radical (unpaired) electrons. The minimum Gasteiger partial charge on any atom is -0.481 e. The van der Waals surface area contributed by atoms with Crippen molar-refractivity contribution >= 4 is 50.3 Å². The Labute approximate surface area is 220 Å². The first-order chi connectivity index (χ1) is 17.0. The van der Waals surface area contributed by atoms with Crippen molar-refractivity contribution in [2.24, 2.45) is 5.10 Å². The lowest BCUT2D eigenvalue weighted by molar-refractivity contribution is -0.385. The Balaban J connectivity index is 1.86. The number of halogens is 2. The summed E-state index contributed by atoms with van der Waals surface area (Å²) in [6.45, 7) is 5.86. The first-order valence-corrected chi connectivity index (χ1v) is 12.1. The van der Waals surface area contributed by atoms with Crippen LogP contribution in [-0.2, 0) is 12.0 Å². The van der Waals surface area contributed by atoms with Gasteiger partial charge in [-0.15, -0.1) is 0 Å². The van der Waals surface area contributed by atoms with E-state index in [1.165, 1.54) is 23.0 Å². The van der Waals surface area contributed by atoms with Gasteiger partial charge in [0.25, 0.3) is 5.56 Å². The van der Waals surface area contributed by atoms with Gasteiger partial charge in [0.15, 0.2) is 0 Å². The van der Waals surface area contributed by atoms with Crippen molar-refractivity contribution < 1.29 is 9.66 Å². The van der Waals surface area contributed by atoms with Gasteiger partial charge in [-0.2, -0.15) is 9.78 Å². The van der Waals surface area contributed by atoms with Crippen molar-refractivity contribution in [2.75, 3.05) is 0 Å². The van der Waals surface area contributed by atoms with Crippen molar-refractivity contribution in [3.8, 4) is 5.75 Å². The number of hydrogen-bond acceptors (Lipinski definition) is 6. The molecule has 0 bridgehead atoms. The Bertz CT molecular complexity index is 1550. The van der Waals surface area contributed by atoms with Crippen LogP contribution in [0.5, 0.6) is 5.75 Å². The Morgan fingerprint density at radius 3 is 2.56 bits per heavy atom. The van der Waals surface area contributed by atoms with E-state index < -0.39 is 10.3 Å². The van der Waals surface area contributed by atoms with Gasteiger partial charge in [0.05, 0.1) is 22.0 Å². The highest BCUT2D eigenvalue weighted by molar-refractivity contribution is 9.10. The zero-order chi connectivity index (χ0) is 26.0. The van der Waals surface area contributed by atoms with Crippen molar-refractivity contribution in [2.45, 2.75) is 32.8 Å². The van der Waals surface area contributed by atoms with Gasteiger partial charge >= 0.3 is 5.69 Å². The maximum absolute atomic E-state index is 13.4. The Morgan fingerprint density at radius 2 is 1.89 bits per heavy atom. The van der Waals surface area contributed by atoms with Gasteiger partial charge in [-0.05, 0) is 29.8 Å². The number of benzene rings is 3. The topological polar surface area (TPSA) is 99.6 Å². The second-order valence-corrected chi connectivity index (χ2v) is 10.4. The largest absolute Gasteiger partial charge is 0.481 e. The summed E-state index contributed by atoms with van der Waals surface area (Å²) in [5.74, 6) is 0.431. The molecule has 0 aliphatic carbocycles. The predicted octanol–water partition coefficient (Wildman–Crippen LogP) is 6.48. The molecule has 3 aromatic carbocycles. The van der Waals surface area contributed by atoms with Crippen molar-refractivity contribution in [3.05, 3.63) is 108 Å². The smallest absolute Gasteiger partial charge is 0.313 e. The lowest BCUT2D eigenvalue weighted by Gasteiger charge is -2.21. The number of aromatic nitrogens is 2. The van der Waals surface area contributed by atoms with Crippen LogP contribution in [0.1, 0.15) is 37.7 Å². The fraction of sp³-hybridized carbons (Fsp3) is 0.192. The molecule has 184 valence electrons. The normalized spacial score (nSPS) is 11.8. The summed E-state index contributed by atoms with van der Waals surface area (Å²) in [6.07, 6.45) is 1.33. The number of rotatable bonds is 6. The van der Waals surface area contributed by atoms with Crippen LogP contribution in [0.2, 0.25) is 5.02 Å². The van der Waals surface area contributed by atoms with Gasteiger partial charge in [0.1, 0.15) is 12.4 Å². The van der Waals surface area contributed by atoms with Crippen LogP contribution in [0.25, 0.3) is 10.9 Å². The van der Waals surface area contributed by atoms with E-state index in [0.29, 0.717) is 16.7 Å². The first kappa shape index (κ1) is 25.5. The van der Waals surface area contributed by atoms with E-state index in [0.717, 1.165) is 10.0 Å². The van der Waals surface area contributed by atoms with Crippen LogP contribution in [0.4, 0.5) is 5.69 Å². The Kier molecular flexibility index (Phi) is 7.23. The maximum atomic E-state index is 13.4. The van der Waals surface area contributed by atoms with Gasteiger partial charge < -0.3 is 4.74 Å². The molecule has 0 fully saturated rings. The highest BCUT2D eigenvalue weighted by Gasteiger charge is 2.24. The molecule has 0 unspecified atom stereocenters. The van der Waals surface area contributed by atoms with E-state index in [9.17, 15) is 14.9 Å². The van der Waals surface area contributed by atoms with E-state index in [1.54, 1.807) is 12.1 Å².